The van der Waals surface area contributed by atoms with Gasteiger partial charge in [-0.15, -0.1) is 0 Å². The molecule has 0 spiro atoms. The summed E-state index contributed by atoms with van der Waals surface area (Å²) in [6, 6.07) is 15.2. The zero-order valence-corrected chi connectivity index (χ0v) is 12.9. The predicted octanol–water partition coefficient (Wildman–Crippen LogP) is 6.30. The Morgan fingerprint density at radius 1 is 0.952 bits per heavy atom. The highest BCUT2D eigenvalue weighted by molar-refractivity contribution is 6.12. The highest BCUT2D eigenvalue weighted by Gasteiger charge is 2.10. The van der Waals surface area contributed by atoms with Crippen LogP contribution in [0.25, 0.3) is 27.4 Å². The third-order valence-electron chi connectivity index (χ3n) is 4.07. The minimum Gasteiger partial charge on any atom is -0.354 e. The SMILES string of the molecule is CCC/C=C(\CCC)c1cccc2[nH]c3ccccc3c12. The maximum Gasteiger partial charge on any atom is 0.0471 e. The summed E-state index contributed by atoms with van der Waals surface area (Å²) in [5.41, 5.74) is 5.37. The summed E-state index contributed by atoms with van der Waals surface area (Å²) in [6.45, 7) is 4.50. The summed E-state index contributed by atoms with van der Waals surface area (Å²) in [5, 5.41) is 2.71. The lowest BCUT2D eigenvalue weighted by molar-refractivity contribution is 0.934. The van der Waals surface area contributed by atoms with Gasteiger partial charge in [-0.1, -0.05) is 63.1 Å². The fourth-order valence-corrected chi connectivity index (χ4v) is 3.10. The minimum absolute atomic E-state index is 1.15. The van der Waals surface area contributed by atoms with Gasteiger partial charge < -0.3 is 4.98 Å². The van der Waals surface area contributed by atoms with Crippen LogP contribution in [0.2, 0.25) is 0 Å². The molecule has 0 fully saturated rings. The van der Waals surface area contributed by atoms with Crippen LogP contribution in [0.1, 0.15) is 45.1 Å². The van der Waals surface area contributed by atoms with Gasteiger partial charge in [0, 0.05) is 21.8 Å². The zero-order valence-electron chi connectivity index (χ0n) is 12.9. The fourth-order valence-electron chi connectivity index (χ4n) is 3.10. The third-order valence-corrected chi connectivity index (χ3v) is 4.07. The number of benzene rings is 2. The predicted molar refractivity (Wildman–Crippen MR) is 93.6 cm³/mol. The molecular weight excluding hydrogens is 254 g/mol. The Labute approximate surface area is 126 Å². The number of rotatable bonds is 5. The average molecular weight is 277 g/mol. The van der Waals surface area contributed by atoms with E-state index in [1.165, 1.54) is 45.8 Å². The van der Waals surface area contributed by atoms with Crippen LogP contribution in [-0.4, -0.2) is 4.98 Å². The normalized spacial score (nSPS) is 12.4. The van der Waals surface area contributed by atoms with Gasteiger partial charge >= 0.3 is 0 Å². The summed E-state index contributed by atoms with van der Waals surface area (Å²) >= 11 is 0. The van der Waals surface area contributed by atoms with Crippen LogP contribution in [0.15, 0.2) is 48.5 Å². The molecule has 0 aliphatic heterocycles. The van der Waals surface area contributed by atoms with E-state index in [1.54, 1.807) is 0 Å². The van der Waals surface area contributed by atoms with Crippen molar-refractivity contribution in [2.75, 3.05) is 0 Å². The summed E-state index contributed by atoms with van der Waals surface area (Å²) in [7, 11) is 0. The monoisotopic (exact) mass is 277 g/mol. The number of hydrogen-bond acceptors (Lipinski definition) is 0. The quantitative estimate of drug-likeness (QED) is 0.563. The Morgan fingerprint density at radius 3 is 2.57 bits per heavy atom. The molecule has 2 aromatic carbocycles. The first-order chi connectivity index (χ1) is 10.3. The fraction of sp³-hybridized carbons (Fsp3) is 0.300. The largest absolute Gasteiger partial charge is 0.354 e. The molecule has 3 aromatic rings. The second-order valence-corrected chi connectivity index (χ2v) is 5.67. The van der Waals surface area contributed by atoms with E-state index in [0.29, 0.717) is 0 Å². The number of fused-ring (bicyclic) bond motifs is 3. The summed E-state index contributed by atoms with van der Waals surface area (Å²) in [5.74, 6) is 0. The zero-order chi connectivity index (χ0) is 14.7. The van der Waals surface area contributed by atoms with Gasteiger partial charge in [0.1, 0.15) is 0 Å². The molecule has 108 valence electrons. The van der Waals surface area contributed by atoms with Gasteiger partial charge in [-0.05, 0) is 36.1 Å². The van der Waals surface area contributed by atoms with Gasteiger partial charge in [-0.3, -0.25) is 0 Å². The van der Waals surface area contributed by atoms with Crippen LogP contribution < -0.4 is 0 Å². The van der Waals surface area contributed by atoms with Crippen molar-refractivity contribution in [2.24, 2.45) is 0 Å². The number of aromatic amines is 1. The van der Waals surface area contributed by atoms with Crippen LogP contribution in [0.4, 0.5) is 0 Å². The molecule has 0 saturated heterocycles. The first-order valence-corrected chi connectivity index (χ1v) is 8.04. The van der Waals surface area contributed by atoms with Gasteiger partial charge in [0.05, 0.1) is 0 Å². The first-order valence-electron chi connectivity index (χ1n) is 8.04. The first kappa shape index (κ1) is 13.9. The van der Waals surface area contributed by atoms with E-state index < -0.39 is 0 Å². The molecule has 0 atom stereocenters. The molecule has 3 rings (SSSR count). The van der Waals surface area contributed by atoms with E-state index in [4.69, 9.17) is 0 Å². The van der Waals surface area contributed by atoms with Gasteiger partial charge in [-0.2, -0.15) is 0 Å². The minimum atomic E-state index is 1.15. The molecule has 1 heterocycles. The molecule has 0 bridgehead atoms. The van der Waals surface area contributed by atoms with Gasteiger partial charge in [0.2, 0.25) is 0 Å². The van der Waals surface area contributed by atoms with Crippen molar-refractivity contribution in [1.29, 1.82) is 0 Å². The number of H-pyrrole nitrogens is 1. The summed E-state index contributed by atoms with van der Waals surface area (Å²) in [6.07, 6.45) is 7.14. The Kier molecular flexibility index (Phi) is 4.10. The smallest absolute Gasteiger partial charge is 0.0471 e. The van der Waals surface area contributed by atoms with Crippen LogP contribution in [0.3, 0.4) is 0 Å². The van der Waals surface area contributed by atoms with Crippen molar-refractivity contribution in [3.63, 3.8) is 0 Å². The van der Waals surface area contributed by atoms with Gasteiger partial charge in [0.25, 0.3) is 0 Å². The summed E-state index contributed by atoms with van der Waals surface area (Å²) < 4.78 is 0. The number of allylic oxidation sites excluding steroid dienone is 2. The van der Waals surface area contributed by atoms with Crippen molar-refractivity contribution in [3.05, 3.63) is 54.1 Å². The molecule has 1 aromatic heterocycles. The van der Waals surface area contributed by atoms with Crippen molar-refractivity contribution in [1.82, 2.24) is 4.98 Å². The van der Waals surface area contributed by atoms with E-state index in [1.807, 2.05) is 0 Å². The second kappa shape index (κ2) is 6.17. The Balaban J connectivity index is 2.25. The standard InChI is InChI=1S/C20H23N/c1-3-5-10-15(9-4-2)16-12-8-14-19-20(16)17-11-6-7-13-18(17)21-19/h6-8,10-14,21H,3-5,9H2,1-2H3/b15-10+. The van der Waals surface area contributed by atoms with Crippen LogP contribution in [-0.2, 0) is 0 Å². The van der Waals surface area contributed by atoms with Crippen molar-refractivity contribution in [3.8, 4) is 0 Å². The molecule has 1 nitrogen and oxygen atoms in total. The maximum absolute atomic E-state index is 3.54. The average Bonchev–Trinajstić information content (AvgIpc) is 2.90. The number of hydrogen-bond donors (Lipinski definition) is 1. The number of nitrogens with one attached hydrogen (secondary N) is 1. The van der Waals surface area contributed by atoms with Crippen LogP contribution in [0, 0.1) is 0 Å². The molecule has 0 unspecified atom stereocenters. The highest BCUT2D eigenvalue weighted by atomic mass is 14.7. The molecule has 1 heteroatoms. The van der Waals surface area contributed by atoms with Gasteiger partial charge in [-0.25, -0.2) is 0 Å². The lowest BCUT2D eigenvalue weighted by Crippen LogP contribution is -1.87. The number of unbranched alkanes of at least 4 members (excludes halogenated alkanes) is 1. The molecule has 21 heavy (non-hydrogen) atoms. The van der Waals surface area contributed by atoms with Crippen molar-refractivity contribution < 1.29 is 0 Å². The van der Waals surface area contributed by atoms with E-state index >= 15 is 0 Å². The number of aromatic nitrogens is 1. The highest BCUT2D eigenvalue weighted by Crippen LogP contribution is 2.33. The lowest BCUT2D eigenvalue weighted by atomic mass is 9.95. The van der Waals surface area contributed by atoms with E-state index in [2.05, 4.69) is 67.4 Å². The molecule has 0 saturated carbocycles. The molecule has 1 N–H and O–H groups in total. The molecule has 0 aliphatic carbocycles. The topological polar surface area (TPSA) is 15.8 Å². The molecular formula is C20H23N. The van der Waals surface area contributed by atoms with Crippen molar-refractivity contribution >= 4 is 27.4 Å². The molecule has 0 aliphatic rings. The number of para-hydroxylation sites is 1. The Hall–Kier alpha value is -2.02. The van der Waals surface area contributed by atoms with Crippen molar-refractivity contribution in [2.45, 2.75) is 39.5 Å². The Bertz CT molecular complexity index is 777. The molecule has 0 amide bonds. The third kappa shape index (κ3) is 2.61. The Morgan fingerprint density at radius 2 is 1.76 bits per heavy atom. The maximum atomic E-state index is 3.54. The second-order valence-electron chi connectivity index (χ2n) is 5.67. The van der Waals surface area contributed by atoms with E-state index in [0.717, 1.165) is 12.8 Å². The summed E-state index contributed by atoms with van der Waals surface area (Å²) in [4.78, 5) is 3.54. The van der Waals surface area contributed by atoms with E-state index in [9.17, 15) is 0 Å². The molecule has 0 radical (unpaired) electrons. The lowest BCUT2D eigenvalue weighted by Gasteiger charge is -2.09. The van der Waals surface area contributed by atoms with Crippen LogP contribution >= 0.6 is 0 Å². The van der Waals surface area contributed by atoms with E-state index in [-0.39, 0.29) is 0 Å². The van der Waals surface area contributed by atoms with Crippen LogP contribution in [0.5, 0.6) is 0 Å². The van der Waals surface area contributed by atoms with Gasteiger partial charge in [0.15, 0.2) is 0 Å².